The van der Waals surface area contributed by atoms with Gasteiger partial charge in [0, 0.05) is 17.3 Å². The van der Waals surface area contributed by atoms with Crippen LogP contribution >= 0.6 is 23.2 Å². The third-order valence-corrected chi connectivity index (χ3v) is 4.43. The first kappa shape index (κ1) is 16.6. The molecule has 128 valence electrons. The molecule has 0 atom stereocenters. The van der Waals surface area contributed by atoms with Crippen LogP contribution in [0.15, 0.2) is 67.0 Å². The second kappa shape index (κ2) is 7.15. The van der Waals surface area contributed by atoms with Crippen LogP contribution in [0.25, 0.3) is 10.9 Å². The van der Waals surface area contributed by atoms with E-state index in [9.17, 15) is 0 Å². The Morgan fingerprint density at radius 2 is 1.65 bits per heavy atom. The Hall–Kier alpha value is -2.89. The van der Waals surface area contributed by atoms with Crippen molar-refractivity contribution < 1.29 is 0 Å². The molecule has 0 saturated carbocycles. The molecule has 7 heteroatoms. The van der Waals surface area contributed by atoms with Gasteiger partial charge in [-0.25, -0.2) is 4.98 Å². The molecule has 2 aromatic carbocycles. The smallest absolute Gasteiger partial charge is 0.229 e. The van der Waals surface area contributed by atoms with Crippen molar-refractivity contribution in [3.05, 3.63) is 77.0 Å². The van der Waals surface area contributed by atoms with E-state index in [0.29, 0.717) is 21.8 Å². The van der Waals surface area contributed by atoms with Crippen LogP contribution < -0.4 is 10.6 Å². The molecule has 0 bridgehead atoms. The Balaban J connectivity index is 1.55. The molecule has 0 unspecified atom stereocenters. The van der Waals surface area contributed by atoms with Gasteiger partial charge in [-0.2, -0.15) is 4.98 Å². The van der Waals surface area contributed by atoms with Gasteiger partial charge in [-0.1, -0.05) is 41.4 Å². The predicted octanol–water partition coefficient (Wildman–Crippen LogP) is 5.82. The quantitative estimate of drug-likeness (QED) is 0.466. The fourth-order valence-corrected chi connectivity index (χ4v) is 2.78. The van der Waals surface area contributed by atoms with Crippen molar-refractivity contribution in [1.82, 2.24) is 15.0 Å². The number of fused-ring (bicyclic) bond motifs is 1. The molecule has 2 N–H and O–H groups in total. The monoisotopic (exact) mass is 381 g/mol. The maximum atomic E-state index is 6.03. The number of hydrogen-bond acceptors (Lipinski definition) is 5. The van der Waals surface area contributed by atoms with E-state index in [2.05, 4.69) is 25.6 Å². The van der Waals surface area contributed by atoms with Gasteiger partial charge in [0.25, 0.3) is 0 Å². The minimum Gasteiger partial charge on any atom is -0.339 e. The number of para-hydroxylation sites is 1. The molecular formula is C19H13Cl2N5. The van der Waals surface area contributed by atoms with Crippen molar-refractivity contribution in [2.75, 3.05) is 10.6 Å². The topological polar surface area (TPSA) is 62.7 Å². The fraction of sp³-hybridized carbons (Fsp3) is 0. The molecule has 26 heavy (non-hydrogen) atoms. The van der Waals surface area contributed by atoms with E-state index in [1.807, 2.05) is 36.4 Å². The van der Waals surface area contributed by atoms with Crippen molar-refractivity contribution in [2.45, 2.75) is 0 Å². The van der Waals surface area contributed by atoms with Gasteiger partial charge >= 0.3 is 0 Å². The third-order valence-electron chi connectivity index (χ3n) is 3.69. The summed E-state index contributed by atoms with van der Waals surface area (Å²) in [5.41, 5.74) is 2.55. The highest BCUT2D eigenvalue weighted by molar-refractivity contribution is 6.42. The number of benzene rings is 2. The van der Waals surface area contributed by atoms with Gasteiger partial charge in [0.15, 0.2) is 0 Å². The Morgan fingerprint density at radius 1 is 0.769 bits per heavy atom. The van der Waals surface area contributed by atoms with Crippen LogP contribution in [0.2, 0.25) is 10.0 Å². The third kappa shape index (κ3) is 3.69. The second-order valence-corrected chi connectivity index (χ2v) is 6.38. The Bertz CT molecular complexity index is 1080. The van der Waals surface area contributed by atoms with Gasteiger partial charge in [0.2, 0.25) is 5.95 Å². The first-order valence-electron chi connectivity index (χ1n) is 7.84. The second-order valence-electron chi connectivity index (χ2n) is 5.56. The van der Waals surface area contributed by atoms with Gasteiger partial charge in [-0.3, -0.25) is 4.98 Å². The molecule has 2 aromatic heterocycles. The summed E-state index contributed by atoms with van der Waals surface area (Å²) in [6, 6.07) is 17.0. The number of pyridine rings is 1. The van der Waals surface area contributed by atoms with E-state index < -0.39 is 0 Å². The van der Waals surface area contributed by atoms with Crippen molar-refractivity contribution in [1.29, 1.82) is 0 Å². The van der Waals surface area contributed by atoms with Crippen LogP contribution in [0, 0.1) is 0 Å². The fourth-order valence-electron chi connectivity index (χ4n) is 2.48. The van der Waals surface area contributed by atoms with E-state index in [4.69, 9.17) is 23.2 Å². The number of nitrogens with zero attached hydrogens (tertiary/aromatic N) is 3. The Kier molecular flexibility index (Phi) is 4.56. The normalized spacial score (nSPS) is 10.7. The minimum atomic E-state index is 0.446. The molecule has 0 aliphatic rings. The van der Waals surface area contributed by atoms with Crippen LogP contribution in [0.1, 0.15) is 0 Å². The van der Waals surface area contributed by atoms with Gasteiger partial charge in [-0.15, -0.1) is 0 Å². The maximum Gasteiger partial charge on any atom is 0.229 e. The highest BCUT2D eigenvalue weighted by atomic mass is 35.5. The van der Waals surface area contributed by atoms with E-state index >= 15 is 0 Å². The van der Waals surface area contributed by atoms with Gasteiger partial charge in [0.1, 0.15) is 5.82 Å². The molecule has 2 heterocycles. The molecule has 0 saturated heterocycles. The minimum absolute atomic E-state index is 0.446. The molecule has 4 rings (SSSR count). The molecule has 5 nitrogen and oxygen atoms in total. The lowest BCUT2D eigenvalue weighted by Crippen LogP contribution is -2.00. The van der Waals surface area contributed by atoms with Crippen LogP contribution in [0.4, 0.5) is 23.1 Å². The summed E-state index contributed by atoms with van der Waals surface area (Å²) in [5, 5.41) is 8.37. The SMILES string of the molecule is Clc1ccc(Nc2nccc(Nc3cnc4ccccc4c3)n2)cc1Cl. The Morgan fingerprint density at radius 3 is 2.54 bits per heavy atom. The molecule has 0 amide bonds. The van der Waals surface area contributed by atoms with E-state index in [1.54, 1.807) is 30.6 Å². The molecule has 0 spiro atoms. The number of rotatable bonds is 4. The lowest BCUT2D eigenvalue weighted by molar-refractivity contribution is 1.16. The van der Waals surface area contributed by atoms with Crippen LogP contribution in [-0.4, -0.2) is 15.0 Å². The summed E-state index contributed by atoms with van der Waals surface area (Å²) in [6.45, 7) is 0. The Labute approximate surface area is 160 Å². The number of aromatic nitrogens is 3. The van der Waals surface area contributed by atoms with Crippen LogP contribution in [-0.2, 0) is 0 Å². The van der Waals surface area contributed by atoms with Gasteiger partial charge in [0.05, 0.1) is 27.4 Å². The molecule has 0 fully saturated rings. The summed E-state index contributed by atoms with van der Waals surface area (Å²) < 4.78 is 0. The number of nitrogens with one attached hydrogen (secondary N) is 2. The van der Waals surface area contributed by atoms with Crippen LogP contribution in [0.3, 0.4) is 0 Å². The van der Waals surface area contributed by atoms with E-state index in [-0.39, 0.29) is 0 Å². The number of halogens is 2. The molecule has 0 aliphatic heterocycles. The summed E-state index contributed by atoms with van der Waals surface area (Å²) in [4.78, 5) is 13.1. The lowest BCUT2D eigenvalue weighted by Gasteiger charge is -2.09. The molecular weight excluding hydrogens is 369 g/mol. The van der Waals surface area contributed by atoms with Crippen molar-refractivity contribution in [3.8, 4) is 0 Å². The lowest BCUT2D eigenvalue weighted by atomic mass is 10.2. The zero-order chi connectivity index (χ0) is 17.9. The number of anilines is 4. The van der Waals surface area contributed by atoms with Gasteiger partial charge in [-0.05, 0) is 36.4 Å². The largest absolute Gasteiger partial charge is 0.339 e. The van der Waals surface area contributed by atoms with Crippen molar-refractivity contribution >= 4 is 57.2 Å². The summed E-state index contributed by atoms with van der Waals surface area (Å²) in [6.07, 6.45) is 3.44. The molecule has 4 aromatic rings. The van der Waals surface area contributed by atoms with E-state index in [1.165, 1.54) is 0 Å². The van der Waals surface area contributed by atoms with E-state index in [0.717, 1.165) is 22.3 Å². The molecule has 0 radical (unpaired) electrons. The first-order chi connectivity index (χ1) is 12.7. The van der Waals surface area contributed by atoms with Crippen molar-refractivity contribution in [3.63, 3.8) is 0 Å². The zero-order valence-electron chi connectivity index (χ0n) is 13.4. The van der Waals surface area contributed by atoms with Gasteiger partial charge < -0.3 is 10.6 Å². The predicted molar refractivity (Wildman–Crippen MR) is 107 cm³/mol. The highest BCUT2D eigenvalue weighted by Crippen LogP contribution is 2.26. The maximum absolute atomic E-state index is 6.03. The molecule has 0 aliphatic carbocycles. The average Bonchev–Trinajstić information content (AvgIpc) is 2.65. The summed E-state index contributed by atoms with van der Waals surface area (Å²) in [7, 11) is 0. The summed E-state index contributed by atoms with van der Waals surface area (Å²) in [5.74, 6) is 1.10. The number of hydrogen-bond donors (Lipinski definition) is 2. The first-order valence-corrected chi connectivity index (χ1v) is 8.60. The zero-order valence-corrected chi connectivity index (χ0v) is 15.0. The summed E-state index contributed by atoms with van der Waals surface area (Å²) >= 11 is 12.0. The van der Waals surface area contributed by atoms with Crippen LogP contribution in [0.5, 0.6) is 0 Å². The standard InChI is InChI=1S/C19H13Cl2N5/c20-15-6-5-13(10-16(15)21)25-19-22-8-7-18(26-19)24-14-9-12-3-1-2-4-17(12)23-11-14/h1-11H,(H2,22,24,25,26). The average molecular weight is 382 g/mol. The highest BCUT2D eigenvalue weighted by Gasteiger charge is 2.04. The van der Waals surface area contributed by atoms with Crippen molar-refractivity contribution in [2.24, 2.45) is 0 Å².